The summed E-state index contributed by atoms with van der Waals surface area (Å²) < 4.78 is 82.9. The molecule has 1 saturated carbocycles. The molecule has 0 saturated heterocycles. The molecule has 1 aliphatic carbocycles. The minimum atomic E-state index is -3.00. The molecule has 32 heavy (non-hydrogen) atoms. The van der Waals surface area contributed by atoms with Gasteiger partial charge in [0.25, 0.3) is 12.9 Å². The molecular weight excluding hydrogens is 436 g/mol. The third kappa shape index (κ3) is 4.02. The van der Waals surface area contributed by atoms with E-state index in [1.807, 2.05) is 0 Å². The highest BCUT2D eigenvalue weighted by Gasteiger charge is 2.50. The molecular formula is C22H15F6N3O. The Morgan fingerprint density at radius 2 is 1.81 bits per heavy atom. The number of aromatic nitrogens is 2. The van der Waals surface area contributed by atoms with Crippen LogP contribution in [0.15, 0.2) is 41.2 Å². The average Bonchev–Trinajstić information content (AvgIpc) is 3.52. The van der Waals surface area contributed by atoms with Crippen LogP contribution < -0.4 is 10.6 Å². The Morgan fingerprint density at radius 3 is 2.47 bits per heavy atom. The van der Waals surface area contributed by atoms with Crippen LogP contribution in [0.2, 0.25) is 0 Å². The lowest BCUT2D eigenvalue weighted by molar-refractivity contribution is 0.0921. The van der Waals surface area contributed by atoms with E-state index in [0.717, 1.165) is 12.1 Å². The zero-order valence-electron chi connectivity index (χ0n) is 16.3. The zero-order valence-corrected chi connectivity index (χ0v) is 16.3. The van der Waals surface area contributed by atoms with Gasteiger partial charge in [0.15, 0.2) is 11.6 Å². The summed E-state index contributed by atoms with van der Waals surface area (Å²) in [7, 11) is 0. The highest BCUT2D eigenvalue weighted by molar-refractivity contribution is 5.92. The van der Waals surface area contributed by atoms with Crippen molar-refractivity contribution in [2.45, 2.75) is 25.7 Å². The van der Waals surface area contributed by atoms with Gasteiger partial charge in [-0.15, -0.1) is 0 Å². The summed E-state index contributed by atoms with van der Waals surface area (Å²) in [6, 6.07) is 7.36. The van der Waals surface area contributed by atoms with E-state index in [4.69, 9.17) is 0 Å². The minimum absolute atomic E-state index is 0.0109. The first-order valence-electron chi connectivity index (χ1n) is 9.56. The van der Waals surface area contributed by atoms with Gasteiger partial charge in [0, 0.05) is 0 Å². The van der Waals surface area contributed by atoms with Gasteiger partial charge in [-0.25, -0.2) is 31.1 Å². The second kappa shape index (κ2) is 8.22. The van der Waals surface area contributed by atoms with Gasteiger partial charge in [-0.05, 0) is 37.1 Å². The Labute approximate surface area is 177 Å². The quantitative estimate of drug-likeness (QED) is 0.439. The number of rotatable bonds is 5. The number of halogens is 6. The van der Waals surface area contributed by atoms with Gasteiger partial charge in [0.05, 0.1) is 34.1 Å². The van der Waals surface area contributed by atoms with E-state index in [9.17, 15) is 26.7 Å². The number of nitrogens with zero attached hydrogens (tertiary/aromatic N) is 2. The Balaban J connectivity index is 1.88. The molecule has 0 spiro atoms. The van der Waals surface area contributed by atoms with E-state index in [1.165, 1.54) is 24.3 Å². The fourth-order valence-electron chi connectivity index (χ4n) is 3.33. The van der Waals surface area contributed by atoms with E-state index < -0.39 is 53.6 Å². The van der Waals surface area contributed by atoms with Gasteiger partial charge in [-0.3, -0.25) is 0 Å². The van der Waals surface area contributed by atoms with Crippen molar-refractivity contribution < 1.29 is 26.3 Å². The molecule has 4 nitrogen and oxygen atoms in total. The molecule has 10 heteroatoms. The van der Waals surface area contributed by atoms with Crippen LogP contribution in [0.4, 0.5) is 37.8 Å². The van der Waals surface area contributed by atoms with Crippen molar-refractivity contribution in [2.24, 2.45) is 5.41 Å². The van der Waals surface area contributed by atoms with Gasteiger partial charge < -0.3 is 9.88 Å². The molecule has 1 N–H and O–H groups in total. The number of anilines is 2. The second-order valence-electron chi connectivity index (χ2n) is 7.38. The van der Waals surface area contributed by atoms with Gasteiger partial charge in [-0.2, -0.15) is 4.98 Å². The van der Waals surface area contributed by atoms with E-state index in [1.54, 1.807) is 0 Å². The SMILES string of the molecule is O=c1nc(N(CC(F)F)c2cccc(C#CC3(C(F)F)CC3)c2F)c2c(F)cccc2[nH]1. The maximum Gasteiger partial charge on any atom is 0.347 e. The van der Waals surface area contributed by atoms with Crippen LogP contribution in [-0.2, 0) is 0 Å². The van der Waals surface area contributed by atoms with E-state index in [-0.39, 0.29) is 29.3 Å². The topological polar surface area (TPSA) is 49.0 Å². The molecule has 0 radical (unpaired) electrons. The number of nitrogens with one attached hydrogen (secondary N) is 1. The number of alkyl halides is 4. The van der Waals surface area contributed by atoms with Crippen LogP contribution in [-0.4, -0.2) is 29.4 Å². The van der Waals surface area contributed by atoms with Gasteiger partial charge in [0.1, 0.15) is 5.82 Å². The Bertz CT molecular complexity index is 1290. The predicted octanol–water partition coefficient (Wildman–Crippen LogP) is 5.00. The van der Waals surface area contributed by atoms with Gasteiger partial charge >= 0.3 is 5.69 Å². The summed E-state index contributed by atoms with van der Waals surface area (Å²) in [4.78, 5) is 18.6. The molecule has 1 aliphatic rings. The largest absolute Gasteiger partial charge is 0.347 e. The van der Waals surface area contributed by atoms with Crippen molar-refractivity contribution in [1.29, 1.82) is 0 Å². The Morgan fingerprint density at radius 1 is 1.09 bits per heavy atom. The molecule has 0 amide bonds. The first-order chi connectivity index (χ1) is 15.2. The third-order valence-electron chi connectivity index (χ3n) is 5.18. The highest BCUT2D eigenvalue weighted by Crippen LogP contribution is 2.50. The third-order valence-corrected chi connectivity index (χ3v) is 5.18. The molecule has 0 atom stereocenters. The Kier molecular flexibility index (Phi) is 5.59. The number of fused-ring (bicyclic) bond motifs is 1. The van der Waals surface area contributed by atoms with Crippen LogP contribution in [0, 0.1) is 28.9 Å². The normalized spacial score (nSPS) is 14.5. The number of hydrogen-bond donors (Lipinski definition) is 1. The van der Waals surface area contributed by atoms with Crippen LogP contribution >= 0.6 is 0 Å². The number of H-pyrrole nitrogens is 1. The van der Waals surface area contributed by atoms with E-state index in [2.05, 4.69) is 21.8 Å². The Hall–Kier alpha value is -3.48. The maximum absolute atomic E-state index is 15.3. The van der Waals surface area contributed by atoms with Crippen molar-refractivity contribution >= 4 is 22.4 Å². The van der Waals surface area contributed by atoms with Crippen LogP contribution in [0.3, 0.4) is 0 Å². The molecule has 3 aromatic rings. The van der Waals surface area contributed by atoms with E-state index >= 15 is 4.39 Å². The molecule has 2 aromatic carbocycles. The summed E-state index contributed by atoms with van der Waals surface area (Å²) in [5.74, 6) is 2.33. The summed E-state index contributed by atoms with van der Waals surface area (Å²) in [6.45, 7) is -1.10. The molecule has 4 rings (SSSR count). The molecule has 0 bridgehead atoms. The molecule has 0 unspecified atom stereocenters. The monoisotopic (exact) mass is 451 g/mol. The number of hydrogen-bond acceptors (Lipinski definition) is 3. The summed E-state index contributed by atoms with van der Waals surface area (Å²) in [6.07, 6.45) is -5.33. The second-order valence-corrected chi connectivity index (χ2v) is 7.38. The fourth-order valence-corrected chi connectivity index (χ4v) is 3.33. The molecule has 1 fully saturated rings. The molecule has 1 aromatic heterocycles. The molecule has 0 aliphatic heterocycles. The van der Waals surface area contributed by atoms with Gasteiger partial charge in [0.2, 0.25) is 0 Å². The minimum Gasteiger partial charge on any atom is -0.317 e. The predicted molar refractivity (Wildman–Crippen MR) is 106 cm³/mol. The standard InChI is InChI=1S/C22H15F6N3O/c23-13-4-2-5-14-17(13)19(30-21(32)29-14)31(11-16(24)25)15-6-1-3-12(18(15)26)7-8-22(9-10-22)20(27)28/h1-6,16,20H,9-11H2,(H,29,30,32). The first kappa shape index (κ1) is 21.7. The lowest BCUT2D eigenvalue weighted by atomic mass is 10.1. The zero-order chi connectivity index (χ0) is 23.0. The van der Waals surface area contributed by atoms with Crippen molar-refractivity contribution in [2.75, 3.05) is 11.4 Å². The lowest BCUT2D eigenvalue weighted by Gasteiger charge is -2.25. The first-order valence-corrected chi connectivity index (χ1v) is 9.56. The number of aromatic amines is 1. The fraction of sp³-hybridized carbons (Fsp3) is 0.273. The van der Waals surface area contributed by atoms with Crippen molar-refractivity contribution in [1.82, 2.24) is 9.97 Å². The lowest BCUT2D eigenvalue weighted by Crippen LogP contribution is -2.28. The van der Waals surface area contributed by atoms with Crippen molar-refractivity contribution in [3.63, 3.8) is 0 Å². The molecule has 1 heterocycles. The summed E-state index contributed by atoms with van der Waals surface area (Å²) in [5.41, 5.74) is -3.17. The molecule has 166 valence electrons. The van der Waals surface area contributed by atoms with E-state index in [0.29, 0.717) is 4.90 Å². The highest BCUT2D eigenvalue weighted by atomic mass is 19.3. The summed E-state index contributed by atoms with van der Waals surface area (Å²) in [5, 5.41) is -0.279. The van der Waals surface area contributed by atoms with Gasteiger partial charge in [-0.1, -0.05) is 24.0 Å². The number of benzene rings is 2. The smallest absolute Gasteiger partial charge is 0.317 e. The van der Waals surface area contributed by atoms with Crippen molar-refractivity contribution in [3.05, 3.63) is 64.1 Å². The van der Waals surface area contributed by atoms with Crippen LogP contribution in [0.25, 0.3) is 10.9 Å². The van der Waals surface area contributed by atoms with Crippen molar-refractivity contribution in [3.8, 4) is 11.8 Å². The summed E-state index contributed by atoms with van der Waals surface area (Å²) >= 11 is 0. The average molecular weight is 451 g/mol. The van der Waals surface area contributed by atoms with Crippen LogP contribution in [0.1, 0.15) is 18.4 Å². The maximum atomic E-state index is 15.3. The van der Waals surface area contributed by atoms with Crippen LogP contribution in [0.5, 0.6) is 0 Å².